The first kappa shape index (κ1) is 23.8. The lowest BCUT2D eigenvalue weighted by atomic mass is 9.48. The van der Waals surface area contributed by atoms with Crippen molar-refractivity contribution in [3.63, 3.8) is 0 Å². The molecule has 2 aliphatic heterocycles. The van der Waals surface area contributed by atoms with Gasteiger partial charge >= 0.3 is 0 Å². The third-order valence-corrected chi connectivity index (χ3v) is 26.5. The predicted octanol–water partition coefficient (Wildman–Crippen LogP) is 16.7. The molecular weight excluding hydrogens is 815 g/mol. The molecule has 34 rings (SSSR count). The molecule has 1 unspecified atom stereocenters. The summed E-state index contributed by atoms with van der Waals surface area (Å²) in [6, 6.07) is 0.498. The first-order valence-corrected chi connectivity index (χ1v) is 26.2. The predicted molar refractivity (Wildman–Crippen MR) is 282 cm³/mol. The molecule has 6 aliphatic rings. The minimum absolute atomic E-state index is 0.0932. The molecule has 0 bridgehead atoms. The van der Waals surface area contributed by atoms with Crippen molar-refractivity contribution in [2.75, 3.05) is 18.2 Å². The second-order valence-electron chi connectivity index (χ2n) is 25.2. The van der Waals surface area contributed by atoms with E-state index in [4.69, 9.17) is 0 Å². The van der Waals surface area contributed by atoms with Crippen molar-refractivity contribution < 1.29 is 0 Å². The van der Waals surface area contributed by atoms with Crippen LogP contribution in [0.15, 0.2) is 0 Å². The Kier molecular flexibility index (Phi) is 1.88. The average Bonchev–Trinajstić information content (AvgIpc) is 4.15. The Morgan fingerprint density at radius 1 is 0.242 bits per heavy atom. The standard InChI is InChI=1S/C64H7NS/c1-4-64-61-55-49-39-27-19-11-7-5-6-9-13(11)21(27)31-25-17(9)18-10(6)14-12-8(5)16-15(7)23-29(19)37-43-33(23)34-24(16)30-20(12)28-22(14)32-26(18)36-35(25)47(41(31)49)57(61)58-48(36)42(32)50-40(28)46-38(30)44(34)52-51(43)59(53(55)45(37)39)63(64,2-65(4)3-66-1)60(52)54(46)56(50)62(58)64/h4H,1-3H2. The van der Waals surface area contributed by atoms with E-state index in [0.717, 1.165) is 0 Å². The zero-order valence-electron chi connectivity index (χ0n) is 33.6. The molecule has 28 aromatic rings. The molecule has 274 valence electrons. The lowest BCUT2D eigenvalue weighted by Crippen LogP contribution is -2.54. The van der Waals surface area contributed by atoms with Crippen LogP contribution in [-0.4, -0.2) is 29.1 Å². The van der Waals surface area contributed by atoms with Crippen LogP contribution in [0.25, 0.3) is 291 Å². The van der Waals surface area contributed by atoms with Gasteiger partial charge in [-0.1, -0.05) is 0 Å². The maximum atomic E-state index is 3.11. The normalized spacial score (nSPS) is 25.5. The maximum Gasteiger partial charge on any atom is 0.0542 e. The van der Waals surface area contributed by atoms with Crippen molar-refractivity contribution in [1.29, 1.82) is 0 Å². The van der Waals surface area contributed by atoms with Crippen molar-refractivity contribution in [2.45, 2.75) is 16.9 Å². The van der Waals surface area contributed by atoms with Crippen molar-refractivity contribution >= 4 is 303 Å². The Morgan fingerprint density at radius 2 is 0.424 bits per heavy atom. The van der Waals surface area contributed by atoms with Gasteiger partial charge in [-0.3, -0.25) is 4.90 Å². The summed E-state index contributed by atoms with van der Waals surface area (Å²) in [6.07, 6.45) is 0. The molecule has 0 aromatic heterocycles. The number of rotatable bonds is 0. The highest BCUT2D eigenvalue weighted by Gasteiger charge is 2.76. The topological polar surface area (TPSA) is 3.24 Å². The fourth-order valence-corrected chi connectivity index (χ4v) is 27.0. The van der Waals surface area contributed by atoms with E-state index >= 15 is 0 Å². The van der Waals surface area contributed by atoms with Gasteiger partial charge in [0.1, 0.15) is 0 Å². The van der Waals surface area contributed by atoms with E-state index in [0.29, 0.717) is 6.04 Å². The monoisotopic (exact) mass is 821 g/mol. The van der Waals surface area contributed by atoms with E-state index in [1.54, 1.807) is 291 Å². The Morgan fingerprint density at radius 3 is 0.636 bits per heavy atom. The van der Waals surface area contributed by atoms with Crippen LogP contribution in [0.1, 0.15) is 22.3 Å². The van der Waals surface area contributed by atoms with Gasteiger partial charge in [0.15, 0.2) is 0 Å². The minimum atomic E-state index is -0.0954. The van der Waals surface area contributed by atoms with E-state index in [9.17, 15) is 0 Å². The van der Waals surface area contributed by atoms with Crippen molar-refractivity contribution in [1.82, 2.24) is 4.90 Å². The summed E-state index contributed by atoms with van der Waals surface area (Å²) >= 11 is 2.26. The maximum absolute atomic E-state index is 3.11. The second kappa shape index (κ2) is 5.22. The number of nitrogens with zero attached hydrogens (tertiary/aromatic N) is 1. The van der Waals surface area contributed by atoms with Crippen LogP contribution in [0, 0.1) is 0 Å². The molecule has 0 amide bonds. The van der Waals surface area contributed by atoms with Gasteiger partial charge < -0.3 is 0 Å². The van der Waals surface area contributed by atoms with E-state index in [-0.39, 0.29) is 10.8 Å². The van der Waals surface area contributed by atoms with Gasteiger partial charge in [-0.2, -0.15) is 0 Å². The molecule has 2 fully saturated rings. The summed E-state index contributed by atoms with van der Waals surface area (Å²) in [5.41, 5.74) is 7.21. The summed E-state index contributed by atoms with van der Waals surface area (Å²) in [6.45, 7) is 1.18. The molecule has 2 spiro atoms. The van der Waals surface area contributed by atoms with Crippen molar-refractivity contribution in [3.8, 4) is 0 Å². The van der Waals surface area contributed by atoms with Crippen LogP contribution in [0.4, 0.5) is 0 Å². The highest BCUT2D eigenvalue weighted by Crippen LogP contribution is 2.86. The van der Waals surface area contributed by atoms with Crippen LogP contribution in [0.2, 0.25) is 0 Å². The van der Waals surface area contributed by atoms with Gasteiger partial charge in [-0.25, -0.2) is 0 Å². The highest BCUT2D eigenvalue weighted by atomic mass is 32.2. The molecule has 1 nitrogen and oxygen atoms in total. The van der Waals surface area contributed by atoms with Gasteiger partial charge in [-0.05, 0) is 313 Å². The first-order chi connectivity index (χ1) is 32.9. The van der Waals surface area contributed by atoms with Gasteiger partial charge in [0.2, 0.25) is 0 Å². The van der Waals surface area contributed by atoms with Gasteiger partial charge in [0.25, 0.3) is 0 Å². The van der Waals surface area contributed by atoms with Crippen molar-refractivity contribution in [2.24, 2.45) is 0 Å². The van der Waals surface area contributed by atoms with Gasteiger partial charge in [-0.15, -0.1) is 11.8 Å². The Bertz CT molecular complexity index is 6880. The Hall–Kier alpha value is -7.23. The molecule has 4 aliphatic carbocycles. The molecule has 0 radical (unpaired) electrons. The van der Waals surface area contributed by atoms with Crippen LogP contribution in [0.3, 0.4) is 0 Å². The fraction of sp³-hybridized carbons (Fsp3) is 0.0938. The largest absolute Gasteiger partial charge is 0.288 e. The number of hydrogen-bond donors (Lipinski definition) is 0. The summed E-state index contributed by atoms with van der Waals surface area (Å²) in [7, 11) is 0. The summed E-state index contributed by atoms with van der Waals surface area (Å²) < 4.78 is 0. The van der Waals surface area contributed by atoms with Crippen LogP contribution in [0.5, 0.6) is 0 Å². The summed E-state index contributed by atoms with van der Waals surface area (Å²) in [4.78, 5) is 3.11. The van der Waals surface area contributed by atoms with Crippen molar-refractivity contribution in [3.05, 3.63) is 22.3 Å². The lowest BCUT2D eigenvalue weighted by molar-refractivity contribution is 0.299. The van der Waals surface area contributed by atoms with E-state index < -0.39 is 0 Å². The SMILES string of the molecule is C1SCN2CC34c5c6c7c8c9c%10c(c%11c%12c3c3c5c5c%13c6c6c7c7c9c9c%14c%10c%10c%11c%11c%12c%12c3c3c5c5c%13c%13c6c6c7c9c7c9c%14c%10c%10c%11c%11c%12c3c3c5c5c%13c6c7c6c9c%10c%11c3c56)C84C12. The van der Waals surface area contributed by atoms with Crippen LogP contribution < -0.4 is 0 Å². The molecule has 2 heterocycles. The number of thioether (sulfide) groups is 1. The smallest absolute Gasteiger partial charge is 0.0542 e. The molecule has 0 N–H and O–H groups in total. The average molecular weight is 822 g/mol. The first-order valence-electron chi connectivity index (χ1n) is 25.0. The second-order valence-corrected chi connectivity index (χ2v) is 26.2. The molecule has 1 atom stereocenters. The quantitative estimate of drug-likeness (QED) is 0.140. The number of hydrogen-bond acceptors (Lipinski definition) is 2. The molecule has 0 saturated carbocycles. The van der Waals surface area contributed by atoms with E-state index in [1.165, 1.54) is 18.2 Å². The minimum Gasteiger partial charge on any atom is -0.288 e. The Labute approximate surface area is 362 Å². The lowest BCUT2D eigenvalue weighted by Gasteiger charge is -2.51. The molecule has 66 heavy (non-hydrogen) atoms. The zero-order chi connectivity index (χ0) is 38.5. The Balaban J connectivity index is 1.25. The van der Waals surface area contributed by atoms with Gasteiger partial charge in [0.05, 0.1) is 10.8 Å². The third-order valence-electron chi connectivity index (χ3n) is 25.5. The zero-order valence-corrected chi connectivity index (χ0v) is 34.4. The highest BCUT2D eigenvalue weighted by molar-refractivity contribution is 7.99. The molecular formula is C64H7NS. The molecule has 2 saturated heterocycles. The van der Waals surface area contributed by atoms with Crippen LogP contribution >= 0.6 is 11.8 Å². The summed E-state index contributed by atoms with van der Waals surface area (Å²) in [5.74, 6) is 2.43. The molecule has 28 aromatic carbocycles. The third kappa shape index (κ3) is 1.18. The summed E-state index contributed by atoms with van der Waals surface area (Å²) in [5, 5.41) is 92.1. The molecule has 2 heteroatoms. The fourth-order valence-electron chi connectivity index (χ4n) is 25.7. The number of fused-ring (bicyclic) bond motifs is 1. The van der Waals surface area contributed by atoms with E-state index in [2.05, 4.69) is 16.7 Å². The van der Waals surface area contributed by atoms with Gasteiger partial charge in [0, 0.05) is 24.2 Å². The number of benzene rings is 18. The van der Waals surface area contributed by atoms with Crippen LogP contribution in [-0.2, 0) is 10.8 Å². The van der Waals surface area contributed by atoms with E-state index in [1.807, 2.05) is 22.3 Å².